The molecule has 2 heterocycles. The topological polar surface area (TPSA) is 76.0 Å². The van der Waals surface area contributed by atoms with E-state index in [1.54, 1.807) is 18.1 Å². The highest BCUT2D eigenvalue weighted by molar-refractivity contribution is 5.93. The molecule has 0 atom stereocenters. The number of ether oxygens (including phenoxy) is 1. The molecule has 0 unspecified atom stereocenters. The van der Waals surface area contributed by atoms with E-state index in [0.717, 1.165) is 28.2 Å². The van der Waals surface area contributed by atoms with Gasteiger partial charge in [-0.3, -0.25) is 14.6 Å². The normalized spacial score (nSPS) is 11.0. The number of aryl methyl sites for hydroxylation is 2. The third kappa shape index (κ3) is 4.09. The number of benzene rings is 1. The van der Waals surface area contributed by atoms with E-state index in [1.807, 2.05) is 55.9 Å². The molecular formula is C20H25N5O2. The summed E-state index contributed by atoms with van der Waals surface area (Å²) in [6, 6.07) is 11.7. The smallest absolute Gasteiger partial charge is 0.272 e. The van der Waals surface area contributed by atoms with Crippen molar-refractivity contribution >= 4 is 5.91 Å². The summed E-state index contributed by atoms with van der Waals surface area (Å²) in [6.07, 6.45) is 0. The van der Waals surface area contributed by atoms with E-state index < -0.39 is 0 Å². The molecule has 0 bridgehead atoms. The van der Waals surface area contributed by atoms with Crippen LogP contribution in [0.25, 0.3) is 11.3 Å². The molecule has 0 aliphatic carbocycles. The van der Waals surface area contributed by atoms with Crippen LogP contribution in [0.1, 0.15) is 27.4 Å². The maximum atomic E-state index is 13.1. The number of rotatable bonds is 7. The molecule has 0 radical (unpaired) electrons. The Morgan fingerprint density at radius 1 is 1.26 bits per heavy atom. The Morgan fingerprint density at radius 2 is 2.00 bits per heavy atom. The van der Waals surface area contributed by atoms with Crippen LogP contribution in [0.3, 0.4) is 0 Å². The quantitative estimate of drug-likeness (QED) is 0.697. The monoisotopic (exact) mass is 367 g/mol. The van der Waals surface area contributed by atoms with Gasteiger partial charge in [0.2, 0.25) is 0 Å². The summed E-state index contributed by atoms with van der Waals surface area (Å²) in [6.45, 7) is 5.43. The maximum Gasteiger partial charge on any atom is 0.272 e. The van der Waals surface area contributed by atoms with Gasteiger partial charge in [0, 0.05) is 38.5 Å². The molecule has 1 N–H and O–H groups in total. The van der Waals surface area contributed by atoms with Crippen LogP contribution in [0.4, 0.5) is 0 Å². The van der Waals surface area contributed by atoms with E-state index in [0.29, 0.717) is 25.4 Å². The van der Waals surface area contributed by atoms with E-state index in [2.05, 4.69) is 15.3 Å². The fourth-order valence-electron chi connectivity index (χ4n) is 3.13. The van der Waals surface area contributed by atoms with Crippen molar-refractivity contribution in [3.05, 3.63) is 59.0 Å². The van der Waals surface area contributed by atoms with E-state index in [4.69, 9.17) is 4.74 Å². The van der Waals surface area contributed by atoms with Crippen molar-refractivity contribution in [2.75, 3.05) is 20.3 Å². The molecule has 7 nitrogen and oxygen atoms in total. The lowest BCUT2D eigenvalue weighted by Gasteiger charge is -2.21. The number of hydrogen-bond donors (Lipinski definition) is 1. The van der Waals surface area contributed by atoms with Crippen molar-refractivity contribution in [2.24, 2.45) is 7.05 Å². The molecule has 0 aliphatic heterocycles. The Hall–Kier alpha value is -2.93. The summed E-state index contributed by atoms with van der Waals surface area (Å²) in [5, 5.41) is 11.7. The minimum absolute atomic E-state index is 0.103. The van der Waals surface area contributed by atoms with Crippen molar-refractivity contribution in [2.45, 2.75) is 20.4 Å². The summed E-state index contributed by atoms with van der Waals surface area (Å²) in [5.41, 5.74) is 5.12. The first kappa shape index (κ1) is 18.8. The second-order valence-electron chi connectivity index (χ2n) is 6.54. The third-order valence-corrected chi connectivity index (χ3v) is 4.64. The van der Waals surface area contributed by atoms with Crippen LogP contribution in [0.2, 0.25) is 0 Å². The molecule has 0 saturated heterocycles. The van der Waals surface area contributed by atoms with Crippen molar-refractivity contribution in [3.63, 3.8) is 0 Å². The number of carbonyl (C=O) groups is 1. The summed E-state index contributed by atoms with van der Waals surface area (Å²) < 4.78 is 6.99. The lowest BCUT2D eigenvalue weighted by atomic mass is 10.1. The van der Waals surface area contributed by atoms with Crippen LogP contribution >= 0.6 is 0 Å². The molecular weight excluding hydrogens is 342 g/mol. The van der Waals surface area contributed by atoms with Crippen molar-refractivity contribution < 1.29 is 9.53 Å². The summed E-state index contributed by atoms with van der Waals surface area (Å²) >= 11 is 0. The van der Waals surface area contributed by atoms with Gasteiger partial charge in [-0.25, -0.2) is 0 Å². The van der Waals surface area contributed by atoms with Gasteiger partial charge in [-0.2, -0.15) is 10.2 Å². The van der Waals surface area contributed by atoms with E-state index >= 15 is 0 Å². The standard InChI is InChI=1S/C20H25N5O2/c1-14-19(15(2)24(3)23-14)17-12-18(22-21-17)20(26)25(10-11-27-4)13-16-8-6-5-7-9-16/h5-9,12H,10-11,13H2,1-4H3,(H,21,22). The van der Waals surface area contributed by atoms with Crippen LogP contribution in [-0.2, 0) is 18.3 Å². The van der Waals surface area contributed by atoms with Gasteiger partial charge in [0.1, 0.15) is 5.69 Å². The number of H-pyrrole nitrogens is 1. The number of nitrogens with zero attached hydrogens (tertiary/aromatic N) is 4. The third-order valence-electron chi connectivity index (χ3n) is 4.64. The minimum atomic E-state index is -0.103. The molecule has 27 heavy (non-hydrogen) atoms. The average Bonchev–Trinajstić information content (AvgIpc) is 3.23. The van der Waals surface area contributed by atoms with Gasteiger partial charge in [-0.15, -0.1) is 0 Å². The second kappa shape index (κ2) is 8.18. The zero-order valence-electron chi connectivity index (χ0n) is 16.2. The predicted molar refractivity (Wildman–Crippen MR) is 103 cm³/mol. The van der Waals surface area contributed by atoms with Crippen LogP contribution in [0.5, 0.6) is 0 Å². The molecule has 3 rings (SSSR count). The number of aromatic nitrogens is 4. The lowest BCUT2D eigenvalue weighted by molar-refractivity contribution is 0.0674. The fourth-order valence-corrected chi connectivity index (χ4v) is 3.13. The Kier molecular flexibility index (Phi) is 5.71. The first-order chi connectivity index (χ1) is 13.0. The molecule has 7 heteroatoms. The number of aromatic amines is 1. The first-order valence-electron chi connectivity index (χ1n) is 8.89. The maximum absolute atomic E-state index is 13.1. The SMILES string of the molecule is COCCN(Cc1ccccc1)C(=O)c1cc(-c2c(C)nn(C)c2C)n[nH]1. The number of nitrogens with one attached hydrogen (secondary N) is 1. The number of amides is 1. The number of hydrogen-bond acceptors (Lipinski definition) is 4. The zero-order valence-corrected chi connectivity index (χ0v) is 16.2. The highest BCUT2D eigenvalue weighted by Crippen LogP contribution is 2.25. The van der Waals surface area contributed by atoms with Crippen molar-refractivity contribution in [3.8, 4) is 11.3 Å². The van der Waals surface area contributed by atoms with Crippen molar-refractivity contribution in [1.82, 2.24) is 24.9 Å². The van der Waals surface area contributed by atoms with E-state index in [1.165, 1.54) is 0 Å². The summed E-state index contributed by atoms with van der Waals surface area (Å²) in [7, 11) is 3.53. The van der Waals surface area contributed by atoms with Crippen LogP contribution in [0, 0.1) is 13.8 Å². The molecule has 3 aromatic rings. The molecule has 142 valence electrons. The number of methoxy groups -OCH3 is 1. The first-order valence-corrected chi connectivity index (χ1v) is 8.89. The van der Waals surface area contributed by atoms with Gasteiger partial charge in [0.05, 0.1) is 18.0 Å². The molecule has 1 aromatic carbocycles. The molecule has 0 fully saturated rings. The summed E-state index contributed by atoms with van der Waals surface area (Å²) in [5.74, 6) is -0.103. The molecule has 0 saturated carbocycles. The van der Waals surface area contributed by atoms with Gasteiger partial charge < -0.3 is 9.64 Å². The van der Waals surface area contributed by atoms with Crippen LogP contribution < -0.4 is 0 Å². The Labute approximate surface area is 159 Å². The highest BCUT2D eigenvalue weighted by atomic mass is 16.5. The lowest BCUT2D eigenvalue weighted by Crippen LogP contribution is -2.33. The Bertz CT molecular complexity index is 914. The van der Waals surface area contributed by atoms with Crippen LogP contribution in [-0.4, -0.2) is 51.0 Å². The largest absolute Gasteiger partial charge is 0.383 e. The van der Waals surface area contributed by atoms with Gasteiger partial charge in [-0.05, 0) is 25.5 Å². The Morgan fingerprint density at radius 3 is 2.63 bits per heavy atom. The highest BCUT2D eigenvalue weighted by Gasteiger charge is 2.21. The predicted octanol–water partition coefficient (Wildman–Crippen LogP) is 2.72. The molecule has 0 aliphatic rings. The molecule has 1 amide bonds. The van der Waals surface area contributed by atoms with E-state index in [-0.39, 0.29) is 5.91 Å². The fraction of sp³-hybridized carbons (Fsp3) is 0.350. The van der Waals surface area contributed by atoms with E-state index in [9.17, 15) is 4.79 Å². The van der Waals surface area contributed by atoms with Gasteiger partial charge >= 0.3 is 0 Å². The van der Waals surface area contributed by atoms with Gasteiger partial charge in [0.15, 0.2) is 0 Å². The van der Waals surface area contributed by atoms with Gasteiger partial charge in [0.25, 0.3) is 5.91 Å². The van der Waals surface area contributed by atoms with Crippen LogP contribution in [0.15, 0.2) is 36.4 Å². The van der Waals surface area contributed by atoms with Crippen molar-refractivity contribution in [1.29, 1.82) is 0 Å². The molecule has 2 aromatic heterocycles. The summed E-state index contributed by atoms with van der Waals surface area (Å²) in [4.78, 5) is 14.8. The van der Waals surface area contributed by atoms with Gasteiger partial charge in [-0.1, -0.05) is 30.3 Å². The molecule has 0 spiro atoms. The minimum Gasteiger partial charge on any atom is -0.383 e. The average molecular weight is 367 g/mol. The Balaban J connectivity index is 1.85. The second-order valence-corrected chi connectivity index (χ2v) is 6.54. The number of carbonyl (C=O) groups excluding carboxylic acids is 1. The zero-order chi connectivity index (χ0) is 19.4.